The minimum Gasteiger partial charge on any atom is -0.350 e. The van der Waals surface area contributed by atoms with Gasteiger partial charge in [0, 0.05) is 49.9 Å². The summed E-state index contributed by atoms with van der Waals surface area (Å²) in [5.41, 5.74) is 4.24. The molecule has 0 aliphatic carbocycles. The standard InChI is InChI=1S/C23H27N3O2/c1-17(25-13-11-18-6-2-3-7-20(18)16-25)15-24-23(28)19-8-4-9-21(14-19)26-12-5-10-22(26)27/h2-4,6-9,14,17H,5,10-13,15-16H2,1H3,(H,24,28)/t17-/m0/s1. The van der Waals surface area contributed by atoms with E-state index in [0.29, 0.717) is 18.5 Å². The molecular formula is C23H27N3O2. The van der Waals surface area contributed by atoms with Crippen LogP contribution in [0.5, 0.6) is 0 Å². The minimum atomic E-state index is -0.0854. The molecule has 5 nitrogen and oxygen atoms in total. The topological polar surface area (TPSA) is 52.7 Å². The third-order valence-electron chi connectivity index (χ3n) is 5.83. The average molecular weight is 377 g/mol. The monoisotopic (exact) mass is 377 g/mol. The fraction of sp³-hybridized carbons (Fsp3) is 0.391. The molecule has 0 aromatic heterocycles. The molecule has 2 amide bonds. The minimum absolute atomic E-state index is 0.0854. The van der Waals surface area contributed by atoms with Crippen LogP contribution in [0.2, 0.25) is 0 Å². The third-order valence-corrected chi connectivity index (χ3v) is 5.83. The highest BCUT2D eigenvalue weighted by Gasteiger charge is 2.23. The lowest BCUT2D eigenvalue weighted by atomic mass is 9.99. The smallest absolute Gasteiger partial charge is 0.251 e. The molecule has 1 atom stereocenters. The molecule has 2 aliphatic heterocycles. The van der Waals surface area contributed by atoms with Crippen molar-refractivity contribution in [2.24, 2.45) is 0 Å². The van der Waals surface area contributed by atoms with E-state index in [9.17, 15) is 9.59 Å². The number of carbonyl (C=O) groups is 2. The summed E-state index contributed by atoms with van der Waals surface area (Å²) in [6.07, 6.45) is 2.53. The van der Waals surface area contributed by atoms with Crippen LogP contribution in [-0.2, 0) is 17.8 Å². The highest BCUT2D eigenvalue weighted by Crippen LogP contribution is 2.23. The summed E-state index contributed by atoms with van der Waals surface area (Å²) in [6.45, 7) is 5.44. The van der Waals surface area contributed by atoms with E-state index in [4.69, 9.17) is 0 Å². The Morgan fingerprint density at radius 2 is 1.89 bits per heavy atom. The summed E-state index contributed by atoms with van der Waals surface area (Å²) in [7, 11) is 0. The first kappa shape index (κ1) is 18.7. The fourth-order valence-corrected chi connectivity index (χ4v) is 4.10. The van der Waals surface area contributed by atoms with Gasteiger partial charge < -0.3 is 10.2 Å². The van der Waals surface area contributed by atoms with E-state index >= 15 is 0 Å². The van der Waals surface area contributed by atoms with Crippen molar-refractivity contribution in [1.29, 1.82) is 0 Å². The number of nitrogens with zero attached hydrogens (tertiary/aromatic N) is 2. The molecule has 1 N–H and O–H groups in total. The molecule has 5 heteroatoms. The van der Waals surface area contributed by atoms with E-state index in [1.807, 2.05) is 18.2 Å². The molecule has 28 heavy (non-hydrogen) atoms. The summed E-state index contributed by atoms with van der Waals surface area (Å²) < 4.78 is 0. The van der Waals surface area contributed by atoms with Gasteiger partial charge in [0.2, 0.25) is 5.91 Å². The van der Waals surface area contributed by atoms with Crippen LogP contribution < -0.4 is 10.2 Å². The molecule has 146 valence electrons. The van der Waals surface area contributed by atoms with Gasteiger partial charge in [-0.25, -0.2) is 0 Å². The molecule has 0 unspecified atom stereocenters. The predicted octanol–water partition coefficient (Wildman–Crippen LogP) is 2.99. The summed E-state index contributed by atoms with van der Waals surface area (Å²) in [5.74, 6) is 0.0503. The second-order valence-electron chi connectivity index (χ2n) is 7.75. The highest BCUT2D eigenvalue weighted by molar-refractivity contribution is 5.99. The molecule has 0 bridgehead atoms. The average Bonchev–Trinajstić information content (AvgIpc) is 3.17. The van der Waals surface area contributed by atoms with Crippen molar-refractivity contribution in [1.82, 2.24) is 10.2 Å². The molecule has 4 rings (SSSR count). The first-order chi connectivity index (χ1) is 13.6. The quantitative estimate of drug-likeness (QED) is 0.872. The van der Waals surface area contributed by atoms with Crippen LogP contribution in [0.1, 0.15) is 41.3 Å². The molecular weight excluding hydrogens is 350 g/mol. The highest BCUT2D eigenvalue weighted by atomic mass is 16.2. The van der Waals surface area contributed by atoms with Crippen LogP contribution in [0.3, 0.4) is 0 Å². The number of rotatable bonds is 5. The van der Waals surface area contributed by atoms with Crippen molar-refractivity contribution in [3.63, 3.8) is 0 Å². The van der Waals surface area contributed by atoms with E-state index < -0.39 is 0 Å². The number of carbonyl (C=O) groups excluding carboxylic acids is 2. The summed E-state index contributed by atoms with van der Waals surface area (Å²) in [5, 5.41) is 3.06. The lowest BCUT2D eigenvalue weighted by molar-refractivity contribution is -0.117. The summed E-state index contributed by atoms with van der Waals surface area (Å²) in [6, 6.07) is 16.2. The van der Waals surface area contributed by atoms with Crippen LogP contribution in [0.4, 0.5) is 5.69 Å². The number of fused-ring (bicyclic) bond motifs is 1. The lowest BCUT2D eigenvalue weighted by Crippen LogP contribution is -2.44. The largest absolute Gasteiger partial charge is 0.350 e. The van der Waals surface area contributed by atoms with E-state index in [2.05, 4.69) is 41.4 Å². The zero-order valence-electron chi connectivity index (χ0n) is 16.4. The SMILES string of the molecule is C[C@@H](CNC(=O)c1cccc(N2CCCC2=O)c1)N1CCc2ccccc2C1. The molecule has 2 aliphatic rings. The molecule has 0 saturated carbocycles. The van der Waals surface area contributed by atoms with Gasteiger partial charge in [0.15, 0.2) is 0 Å². The van der Waals surface area contributed by atoms with Gasteiger partial charge in [0.25, 0.3) is 5.91 Å². The van der Waals surface area contributed by atoms with E-state index in [-0.39, 0.29) is 17.9 Å². The van der Waals surface area contributed by atoms with Crippen LogP contribution >= 0.6 is 0 Å². The fourth-order valence-electron chi connectivity index (χ4n) is 4.10. The molecule has 2 aromatic rings. The van der Waals surface area contributed by atoms with Gasteiger partial charge in [-0.1, -0.05) is 30.3 Å². The van der Waals surface area contributed by atoms with Gasteiger partial charge in [-0.3, -0.25) is 14.5 Å². The van der Waals surface area contributed by atoms with Gasteiger partial charge in [-0.15, -0.1) is 0 Å². The van der Waals surface area contributed by atoms with Crippen LogP contribution in [0.15, 0.2) is 48.5 Å². The Morgan fingerprint density at radius 3 is 2.68 bits per heavy atom. The maximum atomic E-state index is 12.6. The summed E-state index contributed by atoms with van der Waals surface area (Å²) in [4.78, 5) is 28.8. The van der Waals surface area contributed by atoms with Crippen LogP contribution in [0, 0.1) is 0 Å². The van der Waals surface area contributed by atoms with Gasteiger partial charge in [0.1, 0.15) is 0 Å². The number of benzene rings is 2. The van der Waals surface area contributed by atoms with Crippen molar-refractivity contribution in [3.05, 3.63) is 65.2 Å². The third kappa shape index (κ3) is 3.94. The second kappa shape index (κ2) is 8.15. The molecule has 1 fully saturated rings. The number of hydrogen-bond acceptors (Lipinski definition) is 3. The number of amides is 2. The number of anilines is 1. The van der Waals surface area contributed by atoms with Crippen LogP contribution in [0.25, 0.3) is 0 Å². The predicted molar refractivity (Wildman–Crippen MR) is 110 cm³/mol. The Hall–Kier alpha value is -2.66. The van der Waals surface area contributed by atoms with Crippen molar-refractivity contribution >= 4 is 17.5 Å². The molecule has 1 saturated heterocycles. The van der Waals surface area contributed by atoms with Crippen molar-refractivity contribution in [2.45, 2.75) is 38.8 Å². The first-order valence-corrected chi connectivity index (χ1v) is 10.1. The maximum Gasteiger partial charge on any atom is 0.251 e. The molecule has 0 radical (unpaired) electrons. The molecule has 0 spiro atoms. The zero-order valence-corrected chi connectivity index (χ0v) is 16.4. The Balaban J connectivity index is 1.35. The van der Waals surface area contributed by atoms with Crippen molar-refractivity contribution in [2.75, 3.05) is 24.5 Å². The lowest BCUT2D eigenvalue weighted by Gasteiger charge is -2.33. The van der Waals surface area contributed by atoms with Crippen molar-refractivity contribution in [3.8, 4) is 0 Å². The second-order valence-corrected chi connectivity index (χ2v) is 7.75. The van der Waals surface area contributed by atoms with Crippen LogP contribution in [-0.4, -0.2) is 42.4 Å². The van der Waals surface area contributed by atoms with Crippen molar-refractivity contribution < 1.29 is 9.59 Å². The van der Waals surface area contributed by atoms with E-state index in [1.54, 1.807) is 11.0 Å². The van der Waals surface area contributed by atoms with E-state index in [0.717, 1.165) is 38.2 Å². The maximum absolute atomic E-state index is 12.6. The first-order valence-electron chi connectivity index (χ1n) is 10.1. The Morgan fingerprint density at radius 1 is 1.07 bits per heavy atom. The normalized spacial score (nSPS) is 18.0. The van der Waals surface area contributed by atoms with Gasteiger partial charge in [-0.05, 0) is 49.1 Å². The Labute approximate surface area is 166 Å². The Bertz CT molecular complexity index is 880. The van der Waals surface area contributed by atoms with Gasteiger partial charge in [-0.2, -0.15) is 0 Å². The number of hydrogen-bond donors (Lipinski definition) is 1. The van der Waals surface area contributed by atoms with Gasteiger partial charge in [0.05, 0.1) is 0 Å². The van der Waals surface area contributed by atoms with Gasteiger partial charge >= 0.3 is 0 Å². The zero-order chi connectivity index (χ0) is 19.5. The molecule has 2 heterocycles. The number of nitrogens with one attached hydrogen (secondary N) is 1. The van der Waals surface area contributed by atoms with E-state index in [1.165, 1.54) is 11.1 Å². The Kier molecular flexibility index (Phi) is 5.44. The molecule has 2 aromatic carbocycles. The summed E-state index contributed by atoms with van der Waals surface area (Å²) >= 11 is 0.